The summed E-state index contributed by atoms with van der Waals surface area (Å²) in [6, 6.07) is 2.20. The average molecular weight is 405 g/mol. The zero-order chi connectivity index (χ0) is 21.9. The molecule has 4 N–H and O–H groups in total. The minimum Gasteiger partial charge on any atom is -0.383 e. The predicted molar refractivity (Wildman–Crippen MR) is 113 cm³/mol. The third-order valence-electron chi connectivity index (χ3n) is 5.02. The van der Waals surface area contributed by atoms with Gasteiger partial charge in [0.15, 0.2) is 0 Å². The molecule has 1 aliphatic carbocycles. The van der Waals surface area contributed by atoms with E-state index < -0.39 is 16.8 Å². The number of nitrogen functional groups attached to an aromatic ring is 1. The first-order valence-electron chi connectivity index (χ1n) is 10.1. The molecular formula is C20H32N6O3. The van der Waals surface area contributed by atoms with E-state index in [1.54, 1.807) is 11.8 Å². The topological polar surface area (TPSA) is 137 Å². The van der Waals surface area contributed by atoms with Crippen molar-refractivity contribution in [1.29, 1.82) is 5.26 Å². The van der Waals surface area contributed by atoms with E-state index in [-0.39, 0.29) is 41.7 Å². The molecule has 29 heavy (non-hydrogen) atoms. The van der Waals surface area contributed by atoms with E-state index >= 15 is 0 Å². The van der Waals surface area contributed by atoms with Gasteiger partial charge in [-0.1, -0.05) is 27.7 Å². The fourth-order valence-corrected chi connectivity index (χ4v) is 3.49. The van der Waals surface area contributed by atoms with Crippen LogP contribution in [0.4, 0.5) is 11.5 Å². The molecule has 0 spiro atoms. The van der Waals surface area contributed by atoms with Crippen LogP contribution < -0.4 is 27.2 Å². The van der Waals surface area contributed by atoms with Crippen molar-refractivity contribution in [3.05, 3.63) is 20.8 Å². The molecule has 2 rings (SSSR count). The number of aromatic amines is 1. The number of nitrogens with one attached hydrogen (secondary N) is 2. The van der Waals surface area contributed by atoms with Crippen LogP contribution >= 0.6 is 0 Å². The van der Waals surface area contributed by atoms with Gasteiger partial charge in [0.1, 0.15) is 17.0 Å². The number of hydrogen-bond donors (Lipinski definition) is 3. The van der Waals surface area contributed by atoms with E-state index in [9.17, 15) is 19.6 Å². The fraction of sp³-hybridized carbons (Fsp3) is 0.700. The fourth-order valence-electron chi connectivity index (χ4n) is 3.49. The number of nitriles is 1. The van der Waals surface area contributed by atoms with Crippen LogP contribution in [0.3, 0.4) is 0 Å². The number of nitrogens with zero attached hydrogens (tertiary/aromatic N) is 3. The predicted octanol–water partition coefficient (Wildman–Crippen LogP) is 1.05. The Hall–Kier alpha value is -2.76. The molecule has 0 radical (unpaired) electrons. The van der Waals surface area contributed by atoms with E-state index in [1.165, 1.54) is 4.57 Å². The van der Waals surface area contributed by atoms with Crippen LogP contribution in [0, 0.1) is 29.1 Å². The van der Waals surface area contributed by atoms with Gasteiger partial charge < -0.3 is 16.0 Å². The average Bonchev–Trinajstić information content (AvgIpc) is 3.42. The smallest absolute Gasteiger partial charge is 0.330 e. The lowest BCUT2D eigenvalue weighted by Gasteiger charge is -2.29. The Kier molecular flexibility index (Phi) is 6.77. The van der Waals surface area contributed by atoms with Gasteiger partial charge in [-0.2, -0.15) is 5.26 Å². The molecule has 1 saturated carbocycles. The Morgan fingerprint density at radius 1 is 1.34 bits per heavy atom. The van der Waals surface area contributed by atoms with Gasteiger partial charge in [-0.15, -0.1) is 0 Å². The molecule has 9 nitrogen and oxygen atoms in total. The van der Waals surface area contributed by atoms with Crippen molar-refractivity contribution in [2.45, 2.75) is 59.5 Å². The van der Waals surface area contributed by atoms with E-state index in [2.05, 4.69) is 16.4 Å². The van der Waals surface area contributed by atoms with Crippen molar-refractivity contribution in [2.75, 3.05) is 23.7 Å². The molecule has 1 aromatic heterocycles. The number of hydrogen-bond acceptors (Lipinski definition) is 6. The van der Waals surface area contributed by atoms with E-state index in [0.29, 0.717) is 13.1 Å². The minimum atomic E-state index is -0.922. The van der Waals surface area contributed by atoms with Gasteiger partial charge in [0, 0.05) is 13.1 Å². The molecule has 0 aliphatic heterocycles. The minimum absolute atomic E-state index is 0.0473. The number of amides is 1. The third kappa shape index (κ3) is 5.40. The van der Waals surface area contributed by atoms with Crippen molar-refractivity contribution in [2.24, 2.45) is 17.8 Å². The third-order valence-corrected chi connectivity index (χ3v) is 5.02. The first-order chi connectivity index (χ1) is 13.5. The van der Waals surface area contributed by atoms with Crippen LogP contribution in [-0.2, 0) is 11.3 Å². The number of carbonyl (C=O) groups excluding carboxylic acids is 1. The highest BCUT2D eigenvalue weighted by Gasteiger charge is 2.43. The van der Waals surface area contributed by atoms with Gasteiger partial charge in [0.05, 0.1) is 12.6 Å². The van der Waals surface area contributed by atoms with E-state index in [0.717, 1.165) is 12.8 Å². The SMILES string of the molecule is CC(C)CN(CC(=O)N[C@@](C)(C#N)C1CC1)c1c(N)n(CC(C)C)c(=O)[nH]c1=O. The molecule has 9 heteroatoms. The maximum Gasteiger partial charge on any atom is 0.330 e. The second kappa shape index (κ2) is 8.72. The molecule has 1 aromatic rings. The zero-order valence-electron chi connectivity index (χ0n) is 17.9. The summed E-state index contributed by atoms with van der Waals surface area (Å²) in [7, 11) is 0. The van der Waals surface area contributed by atoms with Gasteiger partial charge >= 0.3 is 5.69 Å². The largest absolute Gasteiger partial charge is 0.383 e. The summed E-state index contributed by atoms with van der Waals surface area (Å²) in [4.78, 5) is 41.5. The molecule has 0 unspecified atom stereocenters. The molecular weight excluding hydrogens is 372 g/mol. The van der Waals surface area contributed by atoms with Gasteiger partial charge in [0.25, 0.3) is 5.56 Å². The summed E-state index contributed by atoms with van der Waals surface area (Å²) in [6.45, 7) is 10.1. The summed E-state index contributed by atoms with van der Waals surface area (Å²) >= 11 is 0. The van der Waals surface area contributed by atoms with Crippen molar-refractivity contribution < 1.29 is 4.79 Å². The number of carbonyl (C=O) groups is 1. The molecule has 1 atom stereocenters. The lowest BCUT2D eigenvalue weighted by Crippen LogP contribution is -2.51. The lowest BCUT2D eigenvalue weighted by atomic mass is 9.98. The summed E-state index contributed by atoms with van der Waals surface area (Å²) in [6.07, 6.45) is 1.82. The molecule has 0 bridgehead atoms. The monoisotopic (exact) mass is 404 g/mol. The summed E-state index contributed by atoms with van der Waals surface area (Å²) in [5, 5.41) is 12.3. The highest BCUT2D eigenvalue weighted by molar-refractivity contribution is 5.83. The molecule has 1 aliphatic rings. The second-order valence-electron chi connectivity index (χ2n) is 8.91. The van der Waals surface area contributed by atoms with E-state index in [1.807, 2.05) is 27.7 Å². The van der Waals surface area contributed by atoms with Crippen LogP contribution in [0.5, 0.6) is 0 Å². The quantitative estimate of drug-likeness (QED) is 0.562. The van der Waals surface area contributed by atoms with Crippen LogP contribution in [-0.4, -0.2) is 34.1 Å². The Morgan fingerprint density at radius 3 is 2.45 bits per heavy atom. The first-order valence-corrected chi connectivity index (χ1v) is 10.1. The molecule has 160 valence electrons. The maximum atomic E-state index is 12.7. The molecule has 1 fully saturated rings. The molecule has 0 saturated heterocycles. The van der Waals surface area contributed by atoms with Gasteiger partial charge in [-0.05, 0) is 37.5 Å². The maximum absolute atomic E-state index is 12.7. The highest BCUT2D eigenvalue weighted by Crippen LogP contribution is 2.39. The first kappa shape index (κ1) is 22.5. The lowest BCUT2D eigenvalue weighted by molar-refractivity contribution is -0.121. The normalized spacial score (nSPS) is 15.8. The summed E-state index contributed by atoms with van der Waals surface area (Å²) in [5.41, 5.74) is 4.22. The number of aromatic nitrogens is 2. The zero-order valence-corrected chi connectivity index (χ0v) is 17.9. The van der Waals surface area contributed by atoms with Crippen LogP contribution in [0.25, 0.3) is 0 Å². The Bertz CT molecular complexity index is 906. The second-order valence-corrected chi connectivity index (χ2v) is 8.91. The molecule has 1 amide bonds. The van der Waals surface area contributed by atoms with Gasteiger partial charge in [-0.3, -0.25) is 19.1 Å². The van der Waals surface area contributed by atoms with Crippen molar-refractivity contribution >= 4 is 17.4 Å². The van der Waals surface area contributed by atoms with Crippen LogP contribution in [0.15, 0.2) is 9.59 Å². The molecule has 0 aromatic carbocycles. The van der Waals surface area contributed by atoms with Crippen LogP contribution in [0.1, 0.15) is 47.5 Å². The van der Waals surface area contributed by atoms with Crippen LogP contribution in [0.2, 0.25) is 0 Å². The number of H-pyrrole nitrogens is 1. The molecule has 1 heterocycles. The number of nitrogens with two attached hydrogens (primary N) is 1. The number of anilines is 2. The van der Waals surface area contributed by atoms with E-state index in [4.69, 9.17) is 5.73 Å². The number of rotatable bonds is 9. The summed E-state index contributed by atoms with van der Waals surface area (Å²) < 4.78 is 1.33. The van der Waals surface area contributed by atoms with Crippen molar-refractivity contribution in [1.82, 2.24) is 14.9 Å². The Morgan fingerprint density at radius 2 is 1.97 bits per heavy atom. The van der Waals surface area contributed by atoms with Gasteiger partial charge in [-0.25, -0.2) is 4.79 Å². The Labute approximate surface area is 170 Å². The highest BCUT2D eigenvalue weighted by atomic mass is 16.2. The summed E-state index contributed by atoms with van der Waals surface area (Å²) in [5.74, 6) is 0.118. The standard InChI is InChI=1S/C20H32N6O3/c1-12(2)8-25(10-15(27)24-20(5,11-21)14-6-7-14)16-17(22)26(9-13(3)4)19(29)23-18(16)28/h12-14H,6-10,22H2,1-5H3,(H,24,27)(H,23,28,29)/t20-/m0/s1. The van der Waals surface area contributed by atoms with Gasteiger partial charge in [0.2, 0.25) is 5.91 Å². The van der Waals surface area contributed by atoms with Crippen molar-refractivity contribution in [3.63, 3.8) is 0 Å². The van der Waals surface area contributed by atoms with Crippen molar-refractivity contribution in [3.8, 4) is 6.07 Å². The Balaban J connectivity index is 2.37.